The van der Waals surface area contributed by atoms with Gasteiger partial charge in [0.15, 0.2) is 0 Å². The van der Waals surface area contributed by atoms with Gasteiger partial charge in [-0.25, -0.2) is 4.79 Å². The van der Waals surface area contributed by atoms with Crippen molar-refractivity contribution in [3.63, 3.8) is 0 Å². The molecule has 1 aromatic carbocycles. The number of carbonyl (C=O) groups excluding carboxylic acids is 1. The van der Waals surface area contributed by atoms with Crippen LogP contribution >= 0.6 is 0 Å². The van der Waals surface area contributed by atoms with Gasteiger partial charge in [0.05, 0.1) is 5.54 Å². The number of carboxylic acids is 1. The summed E-state index contributed by atoms with van der Waals surface area (Å²) in [6, 6.07) is 3.96. The van der Waals surface area contributed by atoms with Crippen LogP contribution in [0, 0.1) is 0 Å². The Labute approximate surface area is 110 Å². The molecule has 1 heterocycles. The molecule has 1 aliphatic heterocycles. The van der Waals surface area contributed by atoms with Crippen molar-refractivity contribution < 1.29 is 19.8 Å². The van der Waals surface area contributed by atoms with E-state index in [2.05, 4.69) is 10.6 Å². The summed E-state index contributed by atoms with van der Waals surface area (Å²) < 4.78 is 0. The average molecular weight is 264 g/mol. The summed E-state index contributed by atoms with van der Waals surface area (Å²) in [6.07, 6.45) is 1.69. The van der Waals surface area contributed by atoms with Crippen molar-refractivity contribution in [3.05, 3.63) is 23.8 Å². The largest absolute Gasteiger partial charge is 0.507 e. The number of amides is 1. The van der Waals surface area contributed by atoms with Crippen LogP contribution in [0.2, 0.25) is 0 Å². The van der Waals surface area contributed by atoms with Gasteiger partial charge < -0.3 is 20.8 Å². The maximum Gasteiger partial charge on any atom is 0.339 e. The third-order valence-corrected chi connectivity index (χ3v) is 3.36. The van der Waals surface area contributed by atoms with Gasteiger partial charge in [-0.15, -0.1) is 0 Å². The standard InChI is InChI=1S/C13H16N2O4/c1-13(5-2-6-14-13)12(19)15-8-3-4-9(11(17)18)10(16)7-8/h3-4,7,14,16H,2,5-6H2,1H3,(H,15,19)(H,17,18). The van der Waals surface area contributed by atoms with Crippen LogP contribution in [0.15, 0.2) is 18.2 Å². The zero-order valence-corrected chi connectivity index (χ0v) is 10.6. The lowest BCUT2D eigenvalue weighted by Gasteiger charge is -2.23. The molecule has 0 aliphatic carbocycles. The normalized spacial score (nSPS) is 22.2. The van der Waals surface area contributed by atoms with Gasteiger partial charge in [0.2, 0.25) is 5.91 Å². The first-order valence-corrected chi connectivity index (χ1v) is 6.05. The van der Waals surface area contributed by atoms with Gasteiger partial charge in [-0.2, -0.15) is 0 Å². The lowest BCUT2D eigenvalue weighted by molar-refractivity contribution is -0.121. The fraction of sp³-hybridized carbons (Fsp3) is 0.385. The summed E-state index contributed by atoms with van der Waals surface area (Å²) in [5, 5.41) is 24.2. The third kappa shape index (κ3) is 2.68. The SMILES string of the molecule is CC1(C(=O)Nc2ccc(C(=O)O)c(O)c2)CCCN1. The number of hydrogen-bond acceptors (Lipinski definition) is 4. The minimum Gasteiger partial charge on any atom is -0.507 e. The molecule has 1 aromatic rings. The molecule has 0 saturated carbocycles. The Morgan fingerprint density at radius 1 is 1.42 bits per heavy atom. The molecule has 1 atom stereocenters. The highest BCUT2D eigenvalue weighted by molar-refractivity contribution is 5.99. The van der Waals surface area contributed by atoms with E-state index >= 15 is 0 Å². The zero-order valence-electron chi connectivity index (χ0n) is 10.6. The number of carbonyl (C=O) groups is 2. The van der Waals surface area contributed by atoms with Crippen LogP contribution < -0.4 is 10.6 Å². The van der Waals surface area contributed by atoms with Crippen molar-refractivity contribution in [2.45, 2.75) is 25.3 Å². The highest BCUT2D eigenvalue weighted by Crippen LogP contribution is 2.24. The topological polar surface area (TPSA) is 98.7 Å². The maximum atomic E-state index is 12.1. The smallest absolute Gasteiger partial charge is 0.339 e. The van der Waals surface area contributed by atoms with Crippen molar-refractivity contribution in [1.29, 1.82) is 0 Å². The average Bonchev–Trinajstić information content (AvgIpc) is 2.77. The van der Waals surface area contributed by atoms with Crippen LogP contribution in [0.4, 0.5) is 5.69 Å². The van der Waals surface area contributed by atoms with Crippen LogP contribution in [0.5, 0.6) is 5.75 Å². The number of aromatic hydroxyl groups is 1. The summed E-state index contributed by atoms with van der Waals surface area (Å²) >= 11 is 0. The van der Waals surface area contributed by atoms with Gasteiger partial charge in [0, 0.05) is 11.8 Å². The number of benzene rings is 1. The van der Waals surface area contributed by atoms with Gasteiger partial charge in [0.1, 0.15) is 11.3 Å². The molecule has 1 unspecified atom stereocenters. The monoisotopic (exact) mass is 264 g/mol. The molecule has 1 saturated heterocycles. The van der Waals surface area contributed by atoms with E-state index < -0.39 is 11.5 Å². The molecule has 0 bridgehead atoms. The Morgan fingerprint density at radius 3 is 2.68 bits per heavy atom. The van der Waals surface area contributed by atoms with Crippen LogP contribution in [0.1, 0.15) is 30.1 Å². The van der Waals surface area contributed by atoms with Crippen molar-refractivity contribution in [2.24, 2.45) is 0 Å². The van der Waals surface area contributed by atoms with Crippen LogP contribution in [0.3, 0.4) is 0 Å². The fourth-order valence-corrected chi connectivity index (χ4v) is 2.15. The predicted octanol–water partition coefficient (Wildman–Crippen LogP) is 1.17. The maximum absolute atomic E-state index is 12.1. The lowest BCUT2D eigenvalue weighted by Crippen LogP contribution is -2.47. The van der Waals surface area contributed by atoms with E-state index in [1.807, 2.05) is 6.92 Å². The van der Waals surface area contributed by atoms with Crippen molar-refractivity contribution in [2.75, 3.05) is 11.9 Å². The van der Waals surface area contributed by atoms with Crippen molar-refractivity contribution in [1.82, 2.24) is 5.32 Å². The van der Waals surface area contributed by atoms with Crippen LogP contribution in [-0.2, 0) is 4.79 Å². The Kier molecular flexibility index (Phi) is 3.44. The van der Waals surface area contributed by atoms with E-state index in [1.54, 1.807) is 0 Å². The third-order valence-electron chi connectivity index (χ3n) is 3.36. The van der Waals surface area contributed by atoms with E-state index in [0.29, 0.717) is 5.69 Å². The molecule has 19 heavy (non-hydrogen) atoms. The molecule has 6 nitrogen and oxygen atoms in total. The second kappa shape index (κ2) is 4.89. The van der Waals surface area contributed by atoms with Gasteiger partial charge in [-0.05, 0) is 38.4 Å². The number of phenols is 1. The molecule has 6 heteroatoms. The van der Waals surface area contributed by atoms with Crippen molar-refractivity contribution >= 4 is 17.6 Å². The summed E-state index contributed by atoms with van der Waals surface area (Å²) in [6.45, 7) is 2.62. The van der Waals surface area contributed by atoms with E-state index in [4.69, 9.17) is 5.11 Å². The molecule has 4 N–H and O–H groups in total. The molecule has 102 valence electrons. The Balaban J connectivity index is 2.13. The molecule has 1 fully saturated rings. The molecule has 2 rings (SSSR count). The number of rotatable bonds is 3. The second-order valence-electron chi connectivity index (χ2n) is 4.85. The Hall–Kier alpha value is -2.08. The summed E-state index contributed by atoms with van der Waals surface area (Å²) in [7, 11) is 0. The van der Waals surface area contributed by atoms with Gasteiger partial charge in [0.25, 0.3) is 0 Å². The zero-order chi connectivity index (χ0) is 14.0. The van der Waals surface area contributed by atoms with E-state index in [0.717, 1.165) is 19.4 Å². The van der Waals surface area contributed by atoms with Crippen LogP contribution in [-0.4, -0.2) is 34.2 Å². The van der Waals surface area contributed by atoms with Crippen molar-refractivity contribution in [3.8, 4) is 5.75 Å². The van der Waals surface area contributed by atoms with E-state index in [1.165, 1.54) is 18.2 Å². The van der Waals surface area contributed by atoms with Crippen LogP contribution in [0.25, 0.3) is 0 Å². The molecular weight excluding hydrogens is 248 g/mol. The van der Waals surface area contributed by atoms with Gasteiger partial charge >= 0.3 is 5.97 Å². The first kappa shape index (κ1) is 13.4. The Morgan fingerprint density at radius 2 is 2.16 bits per heavy atom. The first-order chi connectivity index (χ1) is 8.92. The second-order valence-corrected chi connectivity index (χ2v) is 4.85. The number of aromatic carboxylic acids is 1. The fourth-order valence-electron chi connectivity index (χ4n) is 2.15. The van der Waals surface area contributed by atoms with Gasteiger partial charge in [-0.3, -0.25) is 4.79 Å². The quantitative estimate of drug-likeness (QED) is 0.657. The number of carboxylic acid groups (broad SMARTS) is 1. The minimum absolute atomic E-state index is 0.188. The summed E-state index contributed by atoms with van der Waals surface area (Å²) in [4.78, 5) is 22.9. The molecule has 1 aliphatic rings. The first-order valence-electron chi connectivity index (χ1n) is 6.05. The molecule has 0 aromatic heterocycles. The summed E-state index contributed by atoms with van der Waals surface area (Å²) in [5.41, 5.74) is -0.424. The molecule has 0 radical (unpaired) electrons. The van der Waals surface area contributed by atoms with Gasteiger partial charge in [-0.1, -0.05) is 0 Å². The predicted molar refractivity (Wildman–Crippen MR) is 69.3 cm³/mol. The highest BCUT2D eigenvalue weighted by Gasteiger charge is 2.35. The number of hydrogen-bond donors (Lipinski definition) is 4. The molecule has 0 spiro atoms. The molecular formula is C13H16N2O4. The molecule has 1 amide bonds. The number of nitrogens with one attached hydrogen (secondary N) is 2. The lowest BCUT2D eigenvalue weighted by atomic mass is 9.99. The van der Waals surface area contributed by atoms with E-state index in [-0.39, 0.29) is 17.2 Å². The Bertz CT molecular complexity index is 521. The minimum atomic E-state index is -1.21. The highest BCUT2D eigenvalue weighted by atomic mass is 16.4. The van der Waals surface area contributed by atoms with E-state index in [9.17, 15) is 14.7 Å². The number of anilines is 1. The summed E-state index contributed by atoms with van der Waals surface area (Å²) in [5.74, 6) is -1.76.